The molecule has 0 radical (unpaired) electrons. The van der Waals surface area contributed by atoms with Gasteiger partial charge in [0.2, 0.25) is 6.29 Å². The van der Waals surface area contributed by atoms with Gasteiger partial charge in [-0.2, -0.15) is 0 Å². The average Bonchev–Trinajstić information content (AvgIpc) is 2.45. The summed E-state index contributed by atoms with van der Waals surface area (Å²) in [5.74, 6) is -0.891. The molecule has 19 heavy (non-hydrogen) atoms. The molecule has 0 saturated carbocycles. The third-order valence-electron chi connectivity index (χ3n) is 2.46. The highest BCUT2D eigenvalue weighted by Gasteiger charge is 2.32. The first-order valence-electron chi connectivity index (χ1n) is 5.56. The van der Waals surface area contributed by atoms with Crippen LogP contribution in [-0.2, 0) is 4.74 Å². The highest BCUT2D eigenvalue weighted by atomic mass is 16.6. The molecule has 0 heterocycles. The highest BCUT2D eigenvalue weighted by molar-refractivity contribution is 5.89. The number of benzene rings is 1. The quantitative estimate of drug-likeness (QED) is 0.306. The lowest BCUT2D eigenvalue weighted by Gasteiger charge is -2.25. The van der Waals surface area contributed by atoms with Crippen LogP contribution >= 0.6 is 0 Å². The summed E-state index contributed by atoms with van der Waals surface area (Å²) in [4.78, 5) is 11.5. The highest BCUT2D eigenvalue weighted by Crippen LogP contribution is 2.09. The van der Waals surface area contributed by atoms with Gasteiger partial charge < -0.3 is 30.3 Å². The van der Waals surface area contributed by atoms with Crippen molar-refractivity contribution in [2.75, 3.05) is 6.61 Å². The van der Waals surface area contributed by atoms with Gasteiger partial charge in [-0.3, -0.25) is 0 Å². The third kappa shape index (κ3) is 4.27. The van der Waals surface area contributed by atoms with E-state index >= 15 is 0 Å². The Hall–Kier alpha value is -1.51. The summed E-state index contributed by atoms with van der Waals surface area (Å²) in [6.45, 7) is -0.808. The normalized spacial score (nSPS) is 17.3. The standard InChI is InChI=1S/C12H16O7/c13-6-8(14)9(15)10(16)12(18)19-11(17)7-4-2-1-3-5-7/h1-5,8-10,12-16,18H,6H2/t8-,9-,10+,12?/m1/s1. The van der Waals surface area contributed by atoms with Gasteiger partial charge in [0, 0.05) is 0 Å². The molecule has 0 aliphatic heterocycles. The predicted molar refractivity (Wildman–Crippen MR) is 63.0 cm³/mol. The SMILES string of the molecule is O=C(OC(O)[C@@H](O)[C@H](O)[C@H](O)CO)c1ccccc1. The van der Waals surface area contributed by atoms with Gasteiger partial charge in [-0.05, 0) is 12.1 Å². The second-order valence-electron chi connectivity index (χ2n) is 3.89. The molecule has 7 heteroatoms. The summed E-state index contributed by atoms with van der Waals surface area (Å²) in [6, 6.07) is 7.75. The van der Waals surface area contributed by atoms with Crippen LogP contribution in [-0.4, -0.2) is 62.7 Å². The lowest BCUT2D eigenvalue weighted by Crippen LogP contribution is -2.47. The molecule has 1 rings (SSSR count). The summed E-state index contributed by atoms with van der Waals surface area (Å²) in [7, 11) is 0. The first-order chi connectivity index (χ1) is 8.97. The van der Waals surface area contributed by atoms with Gasteiger partial charge in [0.15, 0.2) is 0 Å². The number of rotatable bonds is 6. The number of hydrogen-bond acceptors (Lipinski definition) is 7. The van der Waals surface area contributed by atoms with Gasteiger partial charge in [-0.15, -0.1) is 0 Å². The molecule has 0 aliphatic rings. The predicted octanol–water partition coefficient (Wildman–Crippen LogP) is -1.76. The Balaban J connectivity index is 2.59. The fourth-order valence-electron chi connectivity index (χ4n) is 1.33. The van der Waals surface area contributed by atoms with E-state index in [1.807, 2.05) is 0 Å². The number of ether oxygens (including phenoxy) is 1. The van der Waals surface area contributed by atoms with Crippen LogP contribution in [0.25, 0.3) is 0 Å². The first-order valence-corrected chi connectivity index (χ1v) is 5.56. The molecule has 0 aromatic heterocycles. The van der Waals surface area contributed by atoms with Gasteiger partial charge in [0.1, 0.15) is 18.3 Å². The number of carbonyl (C=O) groups excluding carboxylic acids is 1. The van der Waals surface area contributed by atoms with E-state index in [1.165, 1.54) is 12.1 Å². The van der Waals surface area contributed by atoms with Crippen molar-refractivity contribution in [3.05, 3.63) is 35.9 Å². The zero-order valence-electron chi connectivity index (χ0n) is 9.96. The molecule has 1 aromatic rings. The van der Waals surface area contributed by atoms with E-state index in [0.717, 1.165) is 0 Å². The fraction of sp³-hybridized carbons (Fsp3) is 0.417. The van der Waals surface area contributed by atoms with Crippen LogP contribution in [0.4, 0.5) is 0 Å². The molecule has 1 aromatic carbocycles. The molecule has 7 nitrogen and oxygen atoms in total. The maximum absolute atomic E-state index is 11.5. The smallest absolute Gasteiger partial charge is 0.340 e. The summed E-state index contributed by atoms with van der Waals surface area (Å²) in [5.41, 5.74) is 0.158. The van der Waals surface area contributed by atoms with E-state index in [0.29, 0.717) is 0 Å². The first kappa shape index (κ1) is 15.5. The van der Waals surface area contributed by atoms with Crippen LogP contribution in [0.1, 0.15) is 10.4 Å². The lowest BCUT2D eigenvalue weighted by atomic mass is 10.1. The van der Waals surface area contributed by atoms with E-state index in [4.69, 9.17) is 10.2 Å². The Morgan fingerprint density at radius 3 is 2.16 bits per heavy atom. The van der Waals surface area contributed by atoms with E-state index < -0.39 is 37.2 Å². The second-order valence-corrected chi connectivity index (χ2v) is 3.89. The molecule has 0 spiro atoms. The van der Waals surface area contributed by atoms with Crippen molar-refractivity contribution in [2.45, 2.75) is 24.6 Å². The summed E-state index contributed by atoms with van der Waals surface area (Å²) in [6.07, 6.45) is -7.46. The Labute approximate surface area is 109 Å². The van der Waals surface area contributed by atoms with Crippen molar-refractivity contribution in [3.63, 3.8) is 0 Å². The maximum Gasteiger partial charge on any atom is 0.340 e. The number of carbonyl (C=O) groups is 1. The van der Waals surface area contributed by atoms with Crippen LogP contribution in [0.5, 0.6) is 0 Å². The molecule has 5 N–H and O–H groups in total. The largest absolute Gasteiger partial charge is 0.429 e. The van der Waals surface area contributed by atoms with Crippen molar-refractivity contribution in [1.29, 1.82) is 0 Å². The van der Waals surface area contributed by atoms with E-state index in [9.17, 15) is 20.1 Å². The molecule has 4 atom stereocenters. The Kier molecular flexibility index (Phi) is 5.87. The van der Waals surface area contributed by atoms with Crippen molar-refractivity contribution in [1.82, 2.24) is 0 Å². The molecule has 0 saturated heterocycles. The van der Waals surface area contributed by atoms with E-state index in [2.05, 4.69) is 4.74 Å². The number of esters is 1. The van der Waals surface area contributed by atoms with Gasteiger partial charge in [0.25, 0.3) is 0 Å². The summed E-state index contributed by atoms with van der Waals surface area (Å²) < 4.78 is 4.53. The van der Waals surface area contributed by atoms with E-state index in [1.54, 1.807) is 18.2 Å². The van der Waals surface area contributed by atoms with Crippen molar-refractivity contribution in [2.24, 2.45) is 0 Å². The topological polar surface area (TPSA) is 127 Å². The Bertz CT molecular complexity index is 394. The monoisotopic (exact) mass is 272 g/mol. The number of aliphatic hydroxyl groups is 5. The minimum Gasteiger partial charge on any atom is -0.429 e. The maximum atomic E-state index is 11.5. The Morgan fingerprint density at radius 2 is 1.63 bits per heavy atom. The molecule has 0 amide bonds. The molecule has 0 fully saturated rings. The second kappa shape index (κ2) is 7.17. The summed E-state index contributed by atoms with van der Waals surface area (Å²) >= 11 is 0. The van der Waals surface area contributed by atoms with Gasteiger partial charge in [-0.1, -0.05) is 18.2 Å². The minimum absolute atomic E-state index is 0.158. The third-order valence-corrected chi connectivity index (χ3v) is 2.46. The molecular formula is C12H16O7. The van der Waals surface area contributed by atoms with Crippen LogP contribution in [0, 0.1) is 0 Å². The van der Waals surface area contributed by atoms with Crippen LogP contribution < -0.4 is 0 Å². The number of aliphatic hydroxyl groups excluding tert-OH is 5. The van der Waals surface area contributed by atoms with Gasteiger partial charge in [-0.25, -0.2) is 4.79 Å². The molecule has 106 valence electrons. The van der Waals surface area contributed by atoms with Crippen LogP contribution in [0.15, 0.2) is 30.3 Å². The summed E-state index contributed by atoms with van der Waals surface area (Å²) in [5, 5.41) is 45.9. The zero-order valence-corrected chi connectivity index (χ0v) is 9.96. The van der Waals surface area contributed by atoms with Gasteiger partial charge >= 0.3 is 5.97 Å². The molecule has 0 aliphatic carbocycles. The van der Waals surface area contributed by atoms with Crippen LogP contribution in [0.2, 0.25) is 0 Å². The minimum atomic E-state index is -2.02. The lowest BCUT2D eigenvalue weighted by molar-refractivity contribution is -0.182. The fourth-order valence-corrected chi connectivity index (χ4v) is 1.33. The van der Waals surface area contributed by atoms with Crippen LogP contribution in [0.3, 0.4) is 0 Å². The zero-order chi connectivity index (χ0) is 14.4. The van der Waals surface area contributed by atoms with E-state index in [-0.39, 0.29) is 5.56 Å². The van der Waals surface area contributed by atoms with Crippen molar-refractivity contribution < 1.29 is 35.1 Å². The molecular weight excluding hydrogens is 256 g/mol. The average molecular weight is 272 g/mol. The van der Waals surface area contributed by atoms with Crippen molar-refractivity contribution >= 4 is 5.97 Å². The van der Waals surface area contributed by atoms with Crippen molar-refractivity contribution in [3.8, 4) is 0 Å². The number of hydrogen-bond donors (Lipinski definition) is 5. The molecule has 1 unspecified atom stereocenters. The molecule has 0 bridgehead atoms. The Morgan fingerprint density at radius 1 is 1.05 bits per heavy atom. The van der Waals surface area contributed by atoms with Gasteiger partial charge in [0.05, 0.1) is 12.2 Å².